The smallest absolute Gasteiger partial charge is 0.0132 e. The van der Waals surface area contributed by atoms with E-state index >= 15 is 0 Å². The van der Waals surface area contributed by atoms with Gasteiger partial charge < -0.3 is 0 Å². The molecular weight excluding hydrogens is 216 g/mol. The number of benzene rings is 1. The number of rotatable bonds is 5. The number of hydrogen-bond donors (Lipinski definition) is 0. The molecule has 0 heteroatoms. The van der Waals surface area contributed by atoms with Gasteiger partial charge in [0.25, 0.3) is 0 Å². The second-order valence-corrected chi connectivity index (χ2v) is 6.78. The van der Waals surface area contributed by atoms with E-state index in [2.05, 4.69) is 65.8 Å². The summed E-state index contributed by atoms with van der Waals surface area (Å²) in [7, 11) is 0. The molecule has 0 heterocycles. The maximum Gasteiger partial charge on any atom is -0.0132 e. The highest BCUT2D eigenvalue weighted by Crippen LogP contribution is 2.30. The van der Waals surface area contributed by atoms with Crippen molar-refractivity contribution in [1.82, 2.24) is 0 Å². The van der Waals surface area contributed by atoms with Crippen molar-refractivity contribution in [2.75, 3.05) is 0 Å². The third kappa shape index (κ3) is 4.15. The predicted molar refractivity (Wildman–Crippen MR) is 82.2 cm³/mol. The van der Waals surface area contributed by atoms with Crippen LogP contribution in [0.15, 0.2) is 24.3 Å². The Bertz CT molecular complexity index is 339. The van der Waals surface area contributed by atoms with Gasteiger partial charge in [0.1, 0.15) is 0 Å². The predicted octanol–water partition coefficient (Wildman–Crippen LogP) is 5.91. The van der Waals surface area contributed by atoms with E-state index in [0.717, 1.165) is 5.92 Å². The van der Waals surface area contributed by atoms with Gasteiger partial charge in [0, 0.05) is 0 Å². The lowest BCUT2D eigenvalue weighted by Crippen LogP contribution is -2.12. The van der Waals surface area contributed by atoms with Crippen molar-refractivity contribution >= 4 is 0 Å². The fourth-order valence-corrected chi connectivity index (χ4v) is 2.39. The summed E-state index contributed by atoms with van der Waals surface area (Å²) in [5, 5.41) is 0. The highest BCUT2D eigenvalue weighted by molar-refractivity contribution is 5.29. The Morgan fingerprint density at radius 2 is 1.56 bits per heavy atom. The van der Waals surface area contributed by atoms with Crippen LogP contribution in [-0.2, 0) is 5.41 Å². The van der Waals surface area contributed by atoms with Crippen LogP contribution in [-0.4, -0.2) is 0 Å². The lowest BCUT2D eigenvalue weighted by molar-refractivity contribution is 0.436. The largest absolute Gasteiger partial charge is 0.0654 e. The summed E-state index contributed by atoms with van der Waals surface area (Å²) in [4.78, 5) is 0. The minimum absolute atomic E-state index is 0.260. The van der Waals surface area contributed by atoms with Crippen LogP contribution in [0.4, 0.5) is 0 Å². The summed E-state index contributed by atoms with van der Waals surface area (Å²) in [5.41, 5.74) is 3.18. The van der Waals surface area contributed by atoms with Gasteiger partial charge in [-0.25, -0.2) is 0 Å². The molecule has 18 heavy (non-hydrogen) atoms. The van der Waals surface area contributed by atoms with Gasteiger partial charge in [-0.05, 0) is 28.4 Å². The van der Waals surface area contributed by atoms with Crippen molar-refractivity contribution in [3.63, 3.8) is 0 Å². The van der Waals surface area contributed by atoms with E-state index in [0.29, 0.717) is 5.92 Å². The van der Waals surface area contributed by atoms with Gasteiger partial charge in [0.2, 0.25) is 0 Å². The highest BCUT2D eigenvalue weighted by atomic mass is 14.2. The fraction of sp³-hybridized carbons (Fsp3) is 0.667. The average molecular weight is 246 g/mol. The van der Waals surface area contributed by atoms with Gasteiger partial charge in [0.05, 0.1) is 0 Å². The fourth-order valence-electron chi connectivity index (χ4n) is 2.39. The lowest BCUT2D eigenvalue weighted by atomic mass is 9.82. The molecule has 0 saturated heterocycles. The standard InChI is InChI=1S/C18H30/c1-7-8-9-14(2)15(3)16-10-12-17(13-11-16)18(4,5)6/h10-15H,7-9H2,1-6H3. The molecule has 0 spiro atoms. The number of unbranched alkanes of at least 4 members (excludes halogenated alkanes) is 1. The number of hydrogen-bond acceptors (Lipinski definition) is 0. The van der Waals surface area contributed by atoms with Crippen molar-refractivity contribution < 1.29 is 0 Å². The molecule has 0 aliphatic rings. The summed E-state index contributed by atoms with van der Waals surface area (Å²) in [6.07, 6.45) is 4.00. The zero-order chi connectivity index (χ0) is 13.8. The summed E-state index contributed by atoms with van der Waals surface area (Å²) in [5.74, 6) is 1.45. The van der Waals surface area contributed by atoms with Crippen molar-refractivity contribution in [2.24, 2.45) is 5.92 Å². The topological polar surface area (TPSA) is 0 Å². The maximum atomic E-state index is 2.39. The molecule has 0 aliphatic heterocycles. The van der Waals surface area contributed by atoms with Gasteiger partial charge in [-0.1, -0.05) is 85.1 Å². The molecule has 0 fully saturated rings. The molecule has 0 N–H and O–H groups in total. The zero-order valence-electron chi connectivity index (χ0n) is 13.1. The van der Waals surface area contributed by atoms with Gasteiger partial charge in [-0.3, -0.25) is 0 Å². The molecule has 1 aromatic carbocycles. The Kier molecular flexibility index (Phi) is 5.44. The molecule has 0 amide bonds. The Hall–Kier alpha value is -0.780. The molecule has 102 valence electrons. The average Bonchev–Trinajstić information content (AvgIpc) is 2.34. The molecule has 0 bridgehead atoms. The first-order valence-electron chi connectivity index (χ1n) is 7.46. The van der Waals surface area contributed by atoms with Crippen LogP contribution >= 0.6 is 0 Å². The molecule has 0 nitrogen and oxygen atoms in total. The second kappa shape index (κ2) is 6.41. The van der Waals surface area contributed by atoms with Gasteiger partial charge >= 0.3 is 0 Å². The normalized spacial score (nSPS) is 15.4. The van der Waals surface area contributed by atoms with E-state index < -0.39 is 0 Å². The molecule has 0 saturated carbocycles. The minimum atomic E-state index is 0.260. The first-order chi connectivity index (χ1) is 8.36. The Morgan fingerprint density at radius 1 is 1.00 bits per heavy atom. The molecular formula is C18H30. The summed E-state index contributed by atoms with van der Waals surface area (Å²) in [6.45, 7) is 13.8. The maximum absolute atomic E-state index is 2.39. The van der Waals surface area contributed by atoms with E-state index in [4.69, 9.17) is 0 Å². The molecule has 0 radical (unpaired) electrons. The molecule has 0 aliphatic carbocycles. The van der Waals surface area contributed by atoms with E-state index in [1.54, 1.807) is 0 Å². The highest BCUT2D eigenvalue weighted by Gasteiger charge is 2.16. The van der Waals surface area contributed by atoms with E-state index in [1.807, 2.05) is 0 Å². The van der Waals surface area contributed by atoms with Gasteiger partial charge in [-0.2, -0.15) is 0 Å². The third-order valence-corrected chi connectivity index (χ3v) is 4.17. The summed E-state index contributed by atoms with van der Waals surface area (Å²) in [6, 6.07) is 9.26. The van der Waals surface area contributed by atoms with Gasteiger partial charge in [0.15, 0.2) is 0 Å². The van der Waals surface area contributed by atoms with Crippen LogP contribution in [0.25, 0.3) is 0 Å². The van der Waals surface area contributed by atoms with Crippen LogP contribution in [0, 0.1) is 5.92 Å². The SMILES string of the molecule is CCCCC(C)C(C)c1ccc(C(C)(C)C)cc1. The van der Waals surface area contributed by atoms with E-state index in [9.17, 15) is 0 Å². The summed E-state index contributed by atoms with van der Waals surface area (Å²) < 4.78 is 0. The quantitative estimate of drug-likeness (QED) is 0.605. The van der Waals surface area contributed by atoms with Gasteiger partial charge in [-0.15, -0.1) is 0 Å². The van der Waals surface area contributed by atoms with Crippen molar-refractivity contribution in [3.8, 4) is 0 Å². The lowest BCUT2D eigenvalue weighted by Gasteiger charge is -2.23. The van der Waals surface area contributed by atoms with Crippen molar-refractivity contribution in [1.29, 1.82) is 0 Å². The first-order valence-corrected chi connectivity index (χ1v) is 7.46. The first kappa shape index (κ1) is 15.3. The molecule has 1 rings (SSSR count). The van der Waals surface area contributed by atoms with E-state index in [1.165, 1.54) is 30.4 Å². The zero-order valence-corrected chi connectivity index (χ0v) is 13.1. The molecule has 0 aromatic heterocycles. The third-order valence-electron chi connectivity index (χ3n) is 4.17. The Labute approximate surface area is 114 Å². The Balaban J connectivity index is 2.72. The van der Waals surface area contributed by atoms with Crippen molar-refractivity contribution in [2.45, 2.75) is 72.1 Å². The van der Waals surface area contributed by atoms with E-state index in [-0.39, 0.29) is 5.41 Å². The van der Waals surface area contributed by atoms with Crippen LogP contribution in [0.1, 0.15) is 77.8 Å². The summed E-state index contributed by atoms with van der Waals surface area (Å²) >= 11 is 0. The Morgan fingerprint density at radius 3 is 2.00 bits per heavy atom. The van der Waals surface area contributed by atoms with Crippen molar-refractivity contribution in [3.05, 3.63) is 35.4 Å². The van der Waals surface area contributed by atoms with Crippen LogP contribution in [0.2, 0.25) is 0 Å². The van der Waals surface area contributed by atoms with Crippen LogP contribution < -0.4 is 0 Å². The minimum Gasteiger partial charge on any atom is -0.0654 e. The van der Waals surface area contributed by atoms with Crippen LogP contribution in [0.5, 0.6) is 0 Å². The second-order valence-electron chi connectivity index (χ2n) is 6.78. The monoisotopic (exact) mass is 246 g/mol. The van der Waals surface area contributed by atoms with Crippen LogP contribution in [0.3, 0.4) is 0 Å². The molecule has 1 aromatic rings. The molecule has 2 unspecified atom stereocenters. The molecule has 2 atom stereocenters.